The van der Waals surface area contributed by atoms with Crippen LogP contribution in [-0.4, -0.2) is 21.5 Å². The highest BCUT2D eigenvalue weighted by Gasteiger charge is 2.20. The highest BCUT2D eigenvalue weighted by molar-refractivity contribution is 14.1. The van der Waals surface area contributed by atoms with Crippen LogP contribution in [0, 0.1) is 10.5 Å². The molecule has 2 aromatic heterocycles. The minimum atomic E-state index is 0.0612. The summed E-state index contributed by atoms with van der Waals surface area (Å²) in [5, 5.41) is 6.43. The zero-order valence-electron chi connectivity index (χ0n) is 12.4. The summed E-state index contributed by atoms with van der Waals surface area (Å²) in [5.41, 5.74) is 1.90. The van der Waals surface area contributed by atoms with Crippen LogP contribution < -0.4 is 5.32 Å². The largest absolute Gasteiger partial charge is 0.369 e. The van der Waals surface area contributed by atoms with Gasteiger partial charge in [0.15, 0.2) is 5.82 Å². The molecule has 108 valence electrons. The SMILES string of the molecule is CCNc1nc(-c2csc(C(C)(C)C)n2)nc(C)c1I. The number of halogens is 1. The summed E-state index contributed by atoms with van der Waals surface area (Å²) in [6.07, 6.45) is 0. The molecule has 6 heteroatoms. The van der Waals surface area contributed by atoms with Crippen molar-refractivity contribution in [3.05, 3.63) is 19.7 Å². The maximum Gasteiger partial charge on any atom is 0.181 e. The molecule has 2 rings (SSSR count). The number of aromatic nitrogens is 3. The van der Waals surface area contributed by atoms with Crippen LogP contribution in [0.5, 0.6) is 0 Å². The average Bonchev–Trinajstić information content (AvgIpc) is 2.84. The molecule has 0 aliphatic carbocycles. The van der Waals surface area contributed by atoms with Crippen LogP contribution in [0.1, 0.15) is 38.4 Å². The van der Waals surface area contributed by atoms with E-state index < -0.39 is 0 Å². The molecule has 0 spiro atoms. The molecule has 0 aliphatic heterocycles. The quantitative estimate of drug-likeness (QED) is 0.781. The monoisotopic (exact) mass is 402 g/mol. The van der Waals surface area contributed by atoms with Gasteiger partial charge in [-0.25, -0.2) is 15.0 Å². The Hall–Kier alpha value is -0.760. The van der Waals surface area contributed by atoms with Crippen molar-refractivity contribution in [3.8, 4) is 11.5 Å². The molecule has 0 fully saturated rings. The van der Waals surface area contributed by atoms with Gasteiger partial charge in [0.2, 0.25) is 0 Å². The van der Waals surface area contributed by atoms with E-state index in [1.165, 1.54) is 0 Å². The van der Waals surface area contributed by atoms with E-state index in [-0.39, 0.29) is 5.41 Å². The number of hydrogen-bond acceptors (Lipinski definition) is 5. The summed E-state index contributed by atoms with van der Waals surface area (Å²) in [5.74, 6) is 1.59. The van der Waals surface area contributed by atoms with E-state index in [1.54, 1.807) is 11.3 Å². The van der Waals surface area contributed by atoms with Crippen molar-refractivity contribution < 1.29 is 0 Å². The fourth-order valence-corrected chi connectivity index (χ4v) is 3.00. The standard InChI is InChI=1S/C14H19IN4S/c1-6-16-12-10(15)8(2)17-11(19-12)9-7-20-13(18-9)14(3,4)5/h7H,6H2,1-5H3,(H,16,17,19). The molecule has 0 aromatic carbocycles. The van der Waals surface area contributed by atoms with Gasteiger partial charge in [0, 0.05) is 17.3 Å². The van der Waals surface area contributed by atoms with Crippen LogP contribution >= 0.6 is 33.9 Å². The first-order valence-corrected chi connectivity index (χ1v) is 8.53. The molecule has 4 nitrogen and oxygen atoms in total. The second kappa shape index (κ2) is 5.93. The van der Waals surface area contributed by atoms with Crippen LogP contribution in [0.2, 0.25) is 0 Å². The first-order valence-electron chi connectivity index (χ1n) is 6.57. The lowest BCUT2D eigenvalue weighted by atomic mass is 9.98. The molecule has 20 heavy (non-hydrogen) atoms. The van der Waals surface area contributed by atoms with Crippen LogP contribution in [0.3, 0.4) is 0 Å². The van der Waals surface area contributed by atoms with E-state index in [1.807, 2.05) is 12.3 Å². The number of hydrogen-bond donors (Lipinski definition) is 1. The van der Waals surface area contributed by atoms with Crippen LogP contribution in [-0.2, 0) is 5.41 Å². The second-order valence-corrected chi connectivity index (χ2v) is 7.55. The van der Waals surface area contributed by atoms with Crippen LogP contribution in [0.4, 0.5) is 5.82 Å². The average molecular weight is 402 g/mol. The molecule has 0 bridgehead atoms. The molecular weight excluding hydrogens is 383 g/mol. The Labute approximate surface area is 137 Å². The number of nitrogens with zero attached hydrogens (tertiary/aromatic N) is 3. The minimum Gasteiger partial charge on any atom is -0.369 e. The Balaban J connectivity index is 2.45. The summed E-state index contributed by atoms with van der Waals surface area (Å²) < 4.78 is 1.07. The van der Waals surface area contributed by atoms with E-state index in [2.05, 4.69) is 70.6 Å². The maximum absolute atomic E-state index is 4.69. The van der Waals surface area contributed by atoms with Crippen LogP contribution in [0.25, 0.3) is 11.5 Å². The molecule has 0 aliphatic rings. The maximum atomic E-state index is 4.69. The van der Waals surface area contributed by atoms with Gasteiger partial charge >= 0.3 is 0 Å². The van der Waals surface area contributed by atoms with Crippen molar-refractivity contribution in [2.24, 2.45) is 0 Å². The number of aryl methyl sites for hydroxylation is 1. The molecule has 0 amide bonds. The van der Waals surface area contributed by atoms with Gasteiger partial charge < -0.3 is 5.32 Å². The van der Waals surface area contributed by atoms with Gasteiger partial charge in [-0.05, 0) is 36.4 Å². The zero-order valence-corrected chi connectivity index (χ0v) is 15.4. The third kappa shape index (κ3) is 3.28. The summed E-state index contributed by atoms with van der Waals surface area (Å²) in [7, 11) is 0. The Morgan fingerprint density at radius 2 is 1.95 bits per heavy atom. The van der Waals surface area contributed by atoms with Gasteiger partial charge in [-0.3, -0.25) is 0 Å². The Morgan fingerprint density at radius 1 is 1.25 bits per heavy atom. The summed E-state index contributed by atoms with van der Waals surface area (Å²) in [6, 6.07) is 0. The van der Waals surface area contributed by atoms with Gasteiger partial charge in [-0.15, -0.1) is 11.3 Å². The third-order valence-corrected chi connectivity index (χ3v) is 5.30. The molecule has 0 saturated carbocycles. The molecule has 1 N–H and O–H groups in total. The molecule has 2 heterocycles. The molecular formula is C14H19IN4S. The zero-order chi connectivity index (χ0) is 14.9. The van der Waals surface area contributed by atoms with Crippen molar-refractivity contribution in [2.75, 3.05) is 11.9 Å². The molecule has 0 unspecified atom stereocenters. The normalized spacial score (nSPS) is 11.7. The molecule has 2 aromatic rings. The number of rotatable bonds is 3. The highest BCUT2D eigenvalue weighted by atomic mass is 127. The van der Waals surface area contributed by atoms with Gasteiger partial charge in [-0.1, -0.05) is 20.8 Å². The van der Waals surface area contributed by atoms with Crippen LogP contribution in [0.15, 0.2) is 5.38 Å². The fraction of sp³-hybridized carbons (Fsp3) is 0.500. The van der Waals surface area contributed by atoms with E-state index in [4.69, 9.17) is 0 Å². The van der Waals surface area contributed by atoms with Crippen molar-refractivity contribution in [1.29, 1.82) is 0 Å². The first kappa shape index (κ1) is 15.6. The Kier molecular flexibility index (Phi) is 4.63. The van der Waals surface area contributed by atoms with Crippen molar-refractivity contribution in [3.63, 3.8) is 0 Å². The molecule has 0 atom stereocenters. The minimum absolute atomic E-state index is 0.0612. The summed E-state index contributed by atoms with van der Waals surface area (Å²) in [6.45, 7) is 11.4. The molecule has 0 radical (unpaired) electrons. The smallest absolute Gasteiger partial charge is 0.181 e. The lowest BCUT2D eigenvalue weighted by Crippen LogP contribution is -2.10. The third-order valence-electron chi connectivity index (χ3n) is 2.74. The Morgan fingerprint density at radius 3 is 2.50 bits per heavy atom. The summed E-state index contributed by atoms with van der Waals surface area (Å²) >= 11 is 3.94. The first-order chi connectivity index (χ1) is 9.32. The van der Waals surface area contributed by atoms with Gasteiger partial charge in [0.1, 0.15) is 11.5 Å². The number of anilines is 1. The van der Waals surface area contributed by atoms with E-state index in [0.29, 0.717) is 5.82 Å². The number of nitrogens with one attached hydrogen (secondary N) is 1. The highest BCUT2D eigenvalue weighted by Crippen LogP contribution is 2.30. The Bertz CT molecular complexity index is 616. The topological polar surface area (TPSA) is 50.7 Å². The van der Waals surface area contributed by atoms with Crippen molar-refractivity contribution in [2.45, 2.75) is 40.0 Å². The predicted octanol–water partition coefficient (Wildman–Crippen LogP) is 4.24. The second-order valence-electron chi connectivity index (χ2n) is 5.61. The van der Waals surface area contributed by atoms with Crippen molar-refractivity contribution in [1.82, 2.24) is 15.0 Å². The number of thiazole rings is 1. The van der Waals surface area contributed by atoms with E-state index >= 15 is 0 Å². The van der Waals surface area contributed by atoms with Gasteiger partial charge in [0.25, 0.3) is 0 Å². The molecule has 0 saturated heterocycles. The van der Waals surface area contributed by atoms with Gasteiger partial charge in [-0.2, -0.15) is 0 Å². The van der Waals surface area contributed by atoms with E-state index in [9.17, 15) is 0 Å². The lowest BCUT2D eigenvalue weighted by Gasteiger charge is -2.13. The van der Waals surface area contributed by atoms with Crippen molar-refractivity contribution >= 4 is 39.7 Å². The summed E-state index contributed by atoms with van der Waals surface area (Å²) in [4.78, 5) is 13.9. The van der Waals surface area contributed by atoms with Gasteiger partial charge in [0.05, 0.1) is 14.3 Å². The fourth-order valence-electron chi connectivity index (χ4n) is 1.68. The lowest BCUT2D eigenvalue weighted by molar-refractivity contribution is 0.586. The van der Waals surface area contributed by atoms with E-state index in [0.717, 1.165) is 32.3 Å². The predicted molar refractivity (Wildman–Crippen MR) is 93.5 cm³/mol.